The van der Waals surface area contributed by atoms with Crippen molar-refractivity contribution in [2.24, 2.45) is 0 Å². The number of amides is 1. The number of carbonyl (C=O) groups excluding carboxylic acids is 1. The van der Waals surface area contributed by atoms with Crippen molar-refractivity contribution < 1.29 is 163 Å². The Bertz CT molecular complexity index is 1890. The third-order valence-electron chi connectivity index (χ3n) is 14.8. The fourth-order valence-electron chi connectivity index (χ4n) is 10.2. The molecule has 0 aliphatic carbocycles. The van der Waals surface area contributed by atoms with Gasteiger partial charge in [-0.3, -0.25) is 4.79 Å². The first-order chi connectivity index (χ1) is 36.8. The van der Waals surface area contributed by atoms with Crippen LogP contribution < -0.4 is 5.32 Å². The lowest BCUT2D eigenvalue weighted by Crippen LogP contribution is -2.70. The van der Waals surface area contributed by atoms with Crippen molar-refractivity contribution in [3.8, 4) is 0 Å². The highest BCUT2D eigenvalue weighted by Crippen LogP contribution is 2.39. The molecule has 0 spiro atoms. The molecular formula is C44H75NO33. The number of rotatable bonds is 17. The summed E-state index contributed by atoms with van der Waals surface area (Å²) in [4.78, 5) is 12.3. The molecule has 7 heterocycles. The summed E-state index contributed by atoms with van der Waals surface area (Å²) >= 11 is 0. The van der Waals surface area contributed by atoms with E-state index in [9.17, 15) is 102 Å². The third-order valence-corrected chi connectivity index (χ3v) is 14.8. The first-order valence-corrected chi connectivity index (χ1v) is 25.2. The van der Waals surface area contributed by atoms with Gasteiger partial charge in [-0.2, -0.15) is 0 Å². The normalized spacial score (nSPS) is 53.4. The van der Waals surface area contributed by atoms with Gasteiger partial charge in [-0.15, -0.1) is 0 Å². The van der Waals surface area contributed by atoms with E-state index in [1.54, 1.807) is 0 Å². The zero-order valence-electron chi connectivity index (χ0n) is 42.2. The Morgan fingerprint density at radius 1 is 0.333 bits per heavy atom. The lowest BCUT2D eigenvalue weighted by atomic mass is 9.94. The van der Waals surface area contributed by atoms with Crippen LogP contribution in [0.1, 0.15) is 27.7 Å². The van der Waals surface area contributed by atoms with Crippen molar-refractivity contribution in [2.45, 2.75) is 243 Å². The highest BCUT2D eigenvalue weighted by atomic mass is 16.8. The molecule has 0 bridgehead atoms. The summed E-state index contributed by atoms with van der Waals surface area (Å²) in [6.45, 7) is 0.656. The van der Waals surface area contributed by atoms with Crippen LogP contribution in [0.4, 0.5) is 0 Å². The Morgan fingerprint density at radius 3 is 1.10 bits per heavy atom. The highest BCUT2D eigenvalue weighted by molar-refractivity contribution is 5.73. The molecule has 0 unspecified atom stereocenters. The molecule has 0 saturated carbocycles. The predicted molar refractivity (Wildman–Crippen MR) is 239 cm³/mol. The maximum absolute atomic E-state index is 12.5. The molecule has 7 fully saturated rings. The van der Waals surface area contributed by atoms with Crippen molar-refractivity contribution in [2.75, 3.05) is 26.4 Å². The van der Waals surface area contributed by atoms with Gasteiger partial charge in [0.15, 0.2) is 44.0 Å². The van der Waals surface area contributed by atoms with Crippen LogP contribution in [-0.4, -0.2) is 344 Å². The summed E-state index contributed by atoms with van der Waals surface area (Å²) in [6, 6.07) is -1.66. The SMILES string of the molecule is CC(=O)N[C@@H]1[C@@H](O[C@@H]2O[C@H](CO)[C@H](O[C@@H]3O[C@H](CO)[C@H](O)[C@H](O[C@H]4O[C@H](CO)[C@H](O)[C@H](O)[C@H]4O[C@@H]4O[C@@H](C)[C@@H](O)[C@@H](O)[C@@H]4O)[C@H]3O[C@@H]3O[C@@H](C)[C@@H](O)[C@@H](O)[C@@H]3O)[C@H](O)[C@H]2O[C@@H]2O[C@@H](C)[C@@H](O)[C@@H](O)[C@@H]2O)[C@@H](O)[C@@H](CO)O[C@@H]1O. The second-order valence-corrected chi connectivity index (χ2v) is 20.3. The van der Waals surface area contributed by atoms with Crippen LogP contribution in [0.5, 0.6) is 0 Å². The van der Waals surface area contributed by atoms with Crippen molar-refractivity contribution in [3.63, 3.8) is 0 Å². The van der Waals surface area contributed by atoms with E-state index in [-0.39, 0.29) is 0 Å². The van der Waals surface area contributed by atoms with Crippen LogP contribution >= 0.6 is 0 Å². The quantitative estimate of drug-likeness (QED) is 0.0643. The highest BCUT2D eigenvalue weighted by Gasteiger charge is 2.60. The lowest BCUT2D eigenvalue weighted by molar-refractivity contribution is -0.419. The second-order valence-electron chi connectivity index (χ2n) is 20.3. The molecule has 7 saturated heterocycles. The third kappa shape index (κ3) is 13.1. The number of ether oxygens (including phenoxy) is 13. The molecule has 20 N–H and O–H groups in total. The van der Waals surface area contributed by atoms with Crippen LogP contribution in [0, 0.1) is 0 Å². The van der Waals surface area contributed by atoms with E-state index in [0.717, 1.165) is 6.92 Å². The largest absolute Gasteiger partial charge is 0.394 e. The summed E-state index contributed by atoms with van der Waals surface area (Å²) in [7, 11) is 0. The molecule has 0 aromatic heterocycles. The van der Waals surface area contributed by atoms with Gasteiger partial charge < -0.3 is 164 Å². The fourth-order valence-corrected chi connectivity index (χ4v) is 10.2. The summed E-state index contributed by atoms with van der Waals surface area (Å²) in [6.07, 6.45) is -65.5. The zero-order valence-corrected chi connectivity index (χ0v) is 42.2. The van der Waals surface area contributed by atoms with Gasteiger partial charge in [0.2, 0.25) is 5.91 Å². The van der Waals surface area contributed by atoms with E-state index in [0.29, 0.717) is 0 Å². The van der Waals surface area contributed by atoms with Crippen molar-refractivity contribution >= 4 is 5.91 Å². The first-order valence-electron chi connectivity index (χ1n) is 25.2. The van der Waals surface area contributed by atoms with E-state index in [1.165, 1.54) is 20.8 Å². The van der Waals surface area contributed by atoms with Gasteiger partial charge in [0.25, 0.3) is 0 Å². The number of hydrogen-bond acceptors (Lipinski definition) is 33. The Morgan fingerprint density at radius 2 is 0.667 bits per heavy atom. The maximum Gasteiger partial charge on any atom is 0.217 e. The van der Waals surface area contributed by atoms with Gasteiger partial charge in [0.1, 0.15) is 153 Å². The summed E-state index contributed by atoms with van der Waals surface area (Å²) in [5.41, 5.74) is 0. The topological polar surface area (TPSA) is 533 Å². The molecule has 7 aliphatic heterocycles. The summed E-state index contributed by atoms with van der Waals surface area (Å²) in [5.74, 6) is -0.790. The maximum atomic E-state index is 12.5. The standard InChI is InChI=1S/C44H75NO33/c1-9-18(51)24(57)28(61)39(66-9)76-35-27(60)21(54)13(5-46)70-42(35)75-34-23(56)15(7-48)71-44(37(34)78-41-30(63)26(59)20(53)11(3)68-41)73-32-16(8-49)72-43(36(31(32)64)77-40-29(62)25(58)19(52)10(2)67-40)74-33-17(45-12(4)50)38(65)69-14(6-47)22(33)55/h9-11,13-44,46-49,51-65H,5-8H2,1-4H3,(H,45,50)/t9-,10-,11-,13+,14+,15+,16+,17+,18+,19+,20+,21-,22-,23-,24+,25+,26+,27-,28-,29-,30-,31-,32-,33+,34-,35+,36+,37+,38-,39-,40-,41-,42+,43-,44-/m0/s1. The molecule has 78 heavy (non-hydrogen) atoms. The van der Waals surface area contributed by atoms with Gasteiger partial charge in [-0.1, -0.05) is 0 Å². The van der Waals surface area contributed by atoms with Crippen LogP contribution in [-0.2, 0) is 66.4 Å². The summed E-state index contributed by atoms with van der Waals surface area (Å²) in [5, 5.41) is 210. The lowest BCUT2D eigenvalue weighted by Gasteiger charge is -2.52. The van der Waals surface area contributed by atoms with Crippen LogP contribution in [0.15, 0.2) is 0 Å². The second kappa shape index (κ2) is 26.8. The van der Waals surface area contributed by atoms with E-state index < -0.39 is 247 Å². The van der Waals surface area contributed by atoms with Gasteiger partial charge in [0, 0.05) is 6.92 Å². The monoisotopic (exact) mass is 1150 g/mol. The molecule has 0 aromatic rings. The minimum Gasteiger partial charge on any atom is -0.394 e. The minimum absolute atomic E-state index is 0.790. The van der Waals surface area contributed by atoms with E-state index in [2.05, 4.69) is 5.32 Å². The number of nitrogens with one attached hydrogen (secondary N) is 1. The average Bonchev–Trinajstić information content (AvgIpc) is 3.56. The first kappa shape index (κ1) is 63.8. The van der Waals surface area contributed by atoms with Gasteiger partial charge in [0.05, 0.1) is 44.7 Å². The molecule has 1 amide bonds. The van der Waals surface area contributed by atoms with Crippen molar-refractivity contribution in [3.05, 3.63) is 0 Å². The van der Waals surface area contributed by atoms with Gasteiger partial charge in [-0.25, -0.2) is 0 Å². The van der Waals surface area contributed by atoms with E-state index >= 15 is 0 Å². The van der Waals surface area contributed by atoms with Crippen LogP contribution in [0.3, 0.4) is 0 Å². The molecule has 34 heteroatoms. The van der Waals surface area contributed by atoms with Gasteiger partial charge >= 0.3 is 0 Å². The van der Waals surface area contributed by atoms with Crippen molar-refractivity contribution in [1.82, 2.24) is 5.32 Å². The summed E-state index contributed by atoms with van der Waals surface area (Å²) < 4.78 is 76.6. The van der Waals surface area contributed by atoms with Crippen LogP contribution in [0.2, 0.25) is 0 Å². The Kier molecular flexibility index (Phi) is 21.9. The van der Waals surface area contributed by atoms with Crippen molar-refractivity contribution in [1.29, 1.82) is 0 Å². The number of hydrogen-bond donors (Lipinski definition) is 20. The average molecular weight is 1150 g/mol. The zero-order chi connectivity index (χ0) is 57.5. The number of carbonyl (C=O) groups is 1. The molecule has 0 aromatic carbocycles. The Labute approximate surface area is 443 Å². The molecule has 454 valence electrons. The molecule has 7 aliphatic rings. The number of aliphatic hydroxyl groups excluding tert-OH is 19. The minimum atomic E-state index is -2.32. The van der Waals surface area contributed by atoms with Crippen LogP contribution in [0.25, 0.3) is 0 Å². The van der Waals surface area contributed by atoms with Gasteiger partial charge in [-0.05, 0) is 20.8 Å². The van der Waals surface area contributed by atoms with E-state index in [1.807, 2.05) is 0 Å². The predicted octanol–water partition coefficient (Wildman–Crippen LogP) is -13.0. The fraction of sp³-hybridized carbons (Fsp3) is 0.977. The van der Waals surface area contributed by atoms with E-state index in [4.69, 9.17) is 61.6 Å². The molecule has 0 radical (unpaired) electrons. The molecule has 34 nitrogen and oxygen atoms in total. The smallest absolute Gasteiger partial charge is 0.217 e. The Balaban J connectivity index is 1.27. The number of aliphatic hydroxyl groups is 19. The Hall–Kier alpha value is -1.81. The molecule has 35 atom stereocenters. The molecule has 7 rings (SSSR count). The molecular weight excluding hydrogens is 1070 g/mol.